The molecule has 0 aliphatic carbocycles. The van der Waals surface area contributed by atoms with Crippen LogP contribution in [0.2, 0.25) is 0 Å². The molecular weight excluding hydrogens is 410 g/mol. The minimum atomic E-state index is -0.267. The molecule has 27 heavy (non-hydrogen) atoms. The van der Waals surface area contributed by atoms with Crippen molar-refractivity contribution in [2.75, 3.05) is 6.61 Å². The molecule has 1 N–H and O–H groups in total. The summed E-state index contributed by atoms with van der Waals surface area (Å²) >= 11 is 3.45. The quantitative estimate of drug-likeness (QED) is 0.612. The molecule has 140 valence electrons. The number of benzene rings is 2. The lowest BCUT2D eigenvalue weighted by molar-refractivity contribution is -0.123. The fourth-order valence-electron chi connectivity index (χ4n) is 2.40. The van der Waals surface area contributed by atoms with E-state index in [9.17, 15) is 4.79 Å². The van der Waals surface area contributed by atoms with E-state index in [-0.39, 0.29) is 19.1 Å². The molecule has 2 aromatic carbocycles. The summed E-state index contributed by atoms with van der Waals surface area (Å²) in [4.78, 5) is 16.3. The highest BCUT2D eigenvalue weighted by molar-refractivity contribution is 9.10. The smallest absolute Gasteiger partial charge is 0.258 e. The topological polar surface area (TPSA) is 77.2 Å². The Kier molecular flexibility index (Phi) is 6.24. The van der Waals surface area contributed by atoms with Crippen molar-refractivity contribution < 1.29 is 14.1 Å². The number of nitrogens with one attached hydrogen (secondary N) is 1. The summed E-state index contributed by atoms with van der Waals surface area (Å²) in [6.45, 7) is 4.15. The van der Waals surface area contributed by atoms with E-state index in [1.165, 1.54) is 5.56 Å². The Bertz CT molecular complexity index is 922. The van der Waals surface area contributed by atoms with Gasteiger partial charge in [0.15, 0.2) is 6.61 Å². The van der Waals surface area contributed by atoms with E-state index in [4.69, 9.17) is 9.26 Å². The van der Waals surface area contributed by atoms with Gasteiger partial charge in [0.25, 0.3) is 5.91 Å². The van der Waals surface area contributed by atoms with E-state index in [0.717, 1.165) is 22.0 Å². The minimum absolute atomic E-state index is 0.0942. The van der Waals surface area contributed by atoms with Gasteiger partial charge in [-0.05, 0) is 47.0 Å². The van der Waals surface area contributed by atoms with Crippen LogP contribution < -0.4 is 10.1 Å². The van der Waals surface area contributed by atoms with E-state index < -0.39 is 0 Å². The number of hydrogen-bond donors (Lipinski definition) is 1. The van der Waals surface area contributed by atoms with Crippen LogP contribution in [0.4, 0.5) is 0 Å². The number of carbonyl (C=O) groups excluding carboxylic acids is 1. The second-order valence-electron chi connectivity index (χ2n) is 6.06. The number of aromatic nitrogens is 2. The first kappa shape index (κ1) is 19.1. The second-order valence-corrected chi connectivity index (χ2v) is 6.92. The SMILES string of the molecule is CCc1ccc(OCC(=O)NCc2nc(-c3ccc(C)cc3)no2)c(Br)c1. The number of ether oxygens (including phenoxy) is 1. The molecule has 0 aliphatic rings. The molecule has 1 heterocycles. The Morgan fingerprint density at radius 1 is 1.22 bits per heavy atom. The van der Waals surface area contributed by atoms with Gasteiger partial charge in [0.1, 0.15) is 5.75 Å². The second kappa shape index (κ2) is 8.81. The van der Waals surface area contributed by atoms with Gasteiger partial charge in [-0.15, -0.1) is 0 Å². The third-order valence-electron chi connectivity index (χ3n) is 3.98. The largest absolute Gasteiger partial charge is 0.483 e. The van der Waals surface area contributed by atoms with Crippen molar-refractivity contribution in [1.82, 2.24) is 15.5 Å². The highest BCUT2D eigenvalue weighted by Gasteiger charge is 2.11. The molecule has 0 saturated heterocycles. The Hall–Kier alpha value is -2.67. The van der Waals surface area contributed by atoms with E-state index in [1.54, 1.807) is 0 Å². The van der Waals surface area contributed by atoms with Gasteiger partial charge in [-0.25, -0.2) is 0 Å². The summed E-state index contributed by atoms with van der Waals surface area (Å²) in [6.07, 6.45) is 0.939. The molecule has 1 amide bonds. The Balaban J connectivity index is 1.50. The molecule has 1 aromatic heterocycles. The Labute approximate surface area is 166 Å². The molecule has 0 bridgehead atoms. The van der Waals surface area contributed by atoms with Crippen LogP contribution in [0, 0.1) is 6.92 Å². The number of hydrogen-bond acceptors (Lipinski definition) is 5. The zero-order chi connectivity index (χ0) is 19.2. The van der Waals surface area contributed by atoms with E-state index in [2.05, 4.69) is 38.3 Å². The first-order chi connectivity index (χ1) is 13.0. The molecule has 0 spiro atoms. The monoisotopic (exact) mass is 429 g/mol. The predicted octanol–water partition coefficient (Wildman–Crippen LogP) is 4.07. The van der Waals surface area contributed by atoms with E-state index in [1.807, 2.05) is 49.4 Å². The molecule has 0 saturated carbocycles. The molecule has 0 fully saturated rings. The number of halogens is 1. The van der Waals surface area contributed by atoms with Crippen molar-refractivity contribution in [2.24, 2.45) is 0 Å². The zero-order valence-corrected chi connectivity index (χ0v) is 16.7. The molecule has 0 unspecified atom stereocenters. The van der Waals surface area contributed by atoms with Crippen LogP contribution in [0.15, 0.2) is 51.5 Å². The summed E-state index contributed by atoms with van der Waals surface area (Å²) in [5.74, 6) is 1.20. The van der Waals surface area contributed by atoms with Gasteiger partial charge in [-0.2, -0.15) is 4.98 Å². The normalized spacial score (nSPS) is 10.6. The lowest BCUT2D eigenvalue weighted by atomic mass is 10.1. The zero-order valence-electron chi connectivity index (χ0n) is 15.2. The fourth-order valence-corrected chi connectivity index (χ4v) is 2.94. The predicted molar refractivity (Wildman–Crippen MR) is 105 cm³/mol. The molecule has 3 aromatic rings. The van der Waals surface area contributed by atoms with Gasteiger partial charge < -0.3 is 14.6 Å². The summed E-state index contributed by atoms with van der Waals surface area (Å²) in [5, 5.41) is 6.65. The molecule has 0 atom stereocenters. The summed E-state index contributed by atoms with van der Waals surface area (Å²) in [7, 11) is 0. The van der Waals surface area contributed by atoms with E-state index >= 15 is 0 Å². The van der Waals surface area contributed by atoms with Crippen molar-refractivity contribution in [3.8, 4) is 17.1 Å². The Morgan fingerprint density at radius 2 is 2.00 bits per heavy atom. The fraction of sp³-hybridized carbons (Fsp3) is 0.250. The van der Waals surface area contributed by atoms with Crippen LogP contribution in [0.25, 0.3) is 11.4 Å². The van der Waals surface area contributed by atoms with Crippen molar-refractivity contribution in [3.05, 3.63) is 64.0 Å². The molecular formula is C20H20BrN3O3. The van der Waals surface area contributed by atoms with Gasteiger partial charge in [0.05, 0.1) is 11.0 Å². The summed E-state index contributed by atoms with van der Waals surface area (Å²) < 4.78 is 11.6. The first-order valence-electron chi connectivity index (χ1n) is 8.62. The number of rotatable bonds is 7. The maximum absolute atomic E-state index is 12.0. The van der Waals surface area contributed by atoms with Crippen LogP contribution in [-0.4, -0.2) is 22.7 Å². The van der Waals surface area contributed by atoms with Gasteiger partial charge in [0.2, 0.25) is 11.7 Å². The van der Waals surface area contributed by atoms with Crippen molar-refractivity contribution in [3.63, 3.8) is 0 Å². The number of carbonyl (C=O) groups is 1. The average Bonchev–Trinajstić information content (AvgIpc) is 3.15. The summed E-state index contributed by atoms with van der Waals surface area (Å²) in [6, 6.07) is 13.6. The van der Waals surface area contributed by atoms with Crippen LogP contribution >= 0.6 is 15.9 Å². The van der Waals surface area contributed by atoms with Gasteiger partial charge in [0, 0.05) is 5.56 Å². The molecule has 7 heteroatoms. The van der Waals surface area contributed by atoms with Crippen LogP contribution in [0.3, 0.4) is 0 Å². The van der Waals surface area contributed by atoms with E-state index in [0.29, 0.717) is 17.5 Å². The lowest BCUT2D eigenvalue weighted by Gasteiger charge is -2.09. The maximum atomic E-state index is 12.0. The number of aryl methyl sites for hydroxylation is 2. The standard InChI is InChI=1S/C20H20BrN3O3/c1-3-14-6-9-17(16(21)10-14)26-12-18(25)22-11-19-23-20(24-27-19)15-7-4-13(2)5-8-15/h4-10H,3,11-12H2,1-2H3,(H,22,25). The van der Waals surface area contributed by atoms with Crippen molar-refractivity contribution in [1.29, 1.82) is 0 Å². The molecule has 0 aliphatic heterocycles. The van der Waals surface area contributed by atoms with Gasteiger partial charge in [-0.1, -0.05) is 48.0 Å². The van der Waals surface area contributed by atoms with Gasteiger partial charge in [-0.3, -0.25) is 4.79 Å². The highest BCUT2D eigenvalue weighted by atomic mass is 79.9. The lowest BCUT2D eigenvalue weighted by Crippen LogP contribution is -2.28. The van der Waals surface area contributed by atoms with Crippen LogP contribution in [0.5, 0.6) is 5.75 Å². The molecule has 3 rings (SSSR count). The Morgan fingerprint density at radius 3 is 2.70 bits per heavy atom. The van der Waals surface area contributed by atoms with Crippen LogP contribution in [0.1, 0.15) is 23.9 Å². The molecule has 6 nitrogen and oxygen atoms in total. The van der Waals surface area contributed by atoms with Crippen molar-refractivity contribution >= 4 is 21.8 Å². The maximum Gasteiger partial charge on any atom is 0.258 e. The number of amides is 1. The highest BCUT2D eigenvalue weighted by Crippen LogP contribution is 2.26. The third-order valence-corrected chi connectivity index (χ3v) is 4.60. The van der Waals surface area contributed by atoms with Crippen LogP contribution in [-0.2, 0) is 17.8 Å². The first-order valence-corrected chi connectivity index (χ1v) is 9.42. The van der Waals surface area contributed by atoms with Gasteiger partial charge >= 0.3 is 0 Å². The molecule has 0 radical (unpaired) electrons. The summed E-state index contributed by atoms with van der Waals surface area (Å²) in [5.41, 5.74) is 3.22. The van der Waals surface area contributed by atoms with Crippen molar-refractivity contribution in [2.45, 2.75) is 26.8 Å². The third kappa shape index (κ3) is 5.17. The average molecular weight is 430 g/mol. The number of nitrogens with zero attached hydrogens (tertiary/aromatic N) is 2. The minimum Gasteiger partial charge on any atom is -0.483 e.